The normalized spacial score (nSPS) is 11.0. The minimum atomic E-state index is -0.492. The molecule has 0 bridgehead atoms. The summed E-state index contributed by atoms with van der Waals surface area (Å²) in [5.74, 6) is 1.13. The van der Waals surface area contributed by atoms with Crippen LogP contribution in [-0.4, -0.2) is 10.7 Å². The zero-order valence-corrected chi connectivity index (χ0v) is 16.1. The van der Waals surface area contributed by atoms with E-state index in [1.165, 1.54) is 34.4 Å². The predicted octanol–water partition coefficient (Wildman–Crippen LogP) is 5.68. The van der Waals surface area contributed by atoms with E-state index in [1.54, 1.807) is 30.3 Å². The lowest BCUT2D eigenvalue weighted by Gasteiger charge is -2.04. The van der Waals surface area contributed by atoms with E-state index in [1.807, 2.05) is 12.1 Å². The first kappa shape index (κ1) is 19.6. The number of rotatable bonds is 9. The molecule has 6 nitrogen and oxygen atoms in total. The number of hydrogen-bond acceptors (Lipinski definition) is 6. The van der Waals surface area contributed by atoms with Crippen LogP contribution in [0.25, 0.3) is 6.08 Å². The number of furan rings is 1. The second-order valence-corrected chi connectivity index (χ2v) is 7.20. The predicted molar refractivity (Wildman–Crippen MR) is 108 cm³/mol. The number of benzene rings is 1. The smallest absolute Gasteiger partial charge is 0.310 e. The van der Waals surface area contributed by atoms with Crippen molar-refractivity contribution in [1.29, 1.82) is 0 Å². The lowest BCUT2D eigenvalue weighted by atomic mass is 10.2. The van der Waals surface area contributed by atoms with Crippen LogP contribution >= 0.6 is 11.3 Å². The van der Waals surface area contributed by atoms with E-state index in [-0.39, 0.29) is 23.8 Å². The molecule has 0 N–H and O–H groups in total. The topological polar surface area (TPSA) is 82.6 Å². The van der Waals surface area contributed by atoms with Crippen molar-refractivity contribution >= 4 is 28.9 Å². The van der Waals surface area contributed by atoms with Gasteiger partial charge in [0.2, 0.25) is 0 Å². The molecule has 28 heavy (non-hydrogen) atoms. The molecule has 0 aliphatic rings. The molecule has 2 heterocycles. The third-order valence-corrected chi connectivity index (χ3v) is 5.07. The summed E-state index contributed by atoms with van der Waals surface area (Å²) in [5, 5.41) is 11.0. The third kappa shape index (κ3) is 4.95. The number of allylic oxidation sites excluding steroid dienone is 1. The summed E-state index contributed by atoms with van der Waals surface area (Å²) in [5.41, 5.74) is -0.0989. The standard InChI is InChI=1S/C21H19NO5S/c1-2-5-17-11-13-21(28-17)19(23)12-10-15-8-9-16(27-15)14-26-20-7-4-3-6-18(20)22(24)25/h3-4,6-13H,2,5,14H2,1H3/b12-10+. The Kier molecular flexibility index (Phi) is 6.39. The second-order valence-electron chi connectivity index (χ2n) is 6.03. The summed E-state index contributed by atoms with van der Waals surface area (Å²) < 4.78 is 11.1. The summed E-state index contributed by atoms with van der Waals surface area (Å²) in [4.78, 5) is 24.7. The highest BCUT2D eigenvalue weighted by Crippen LogP contribution is 2.27. The highest BCUT2D eigenvalue weighted by Gasteiger charge is 2.14. The fourth-order valence-electron chi connectivity index (χ4n) is 2.57. The molecule has 0 aliphatic heterocycles. The van der Waals surface area contributed by atoms with Crippen molar-refractivity contribution in [2.24, 2.45) is 0 Å². The van der Waals surface area contributed by atoms with E-state index in [4.69, 9.17) is 9.15 Å². The van der Waals surface area contributed by atoms with Gasteiger partial charge in [0.15, 0.2) is 11.5 Å². The molecule has 0 unspecified atom stereocenters. The van der Waals surface area contributed by atoms with E-state index in [2.05, 4.69) is 6.92 Å². The van der Waals surface area contributed by atoms with Crippen LogP contribution in [0, 0.1) is 10.1 Å². The summed E-state index contributed by atoms with van der Waals surface area (Å²) >= 11 is 1.51. The van der Waals surface area contributed by atoms with Gasteiger partial charge in [-0.1, -0.05) is 25.5 Å². The number of aryl methyl sites for hydroxylation is 1. The van der Waals surface area contributed by atoms with Crippen LogP contribution in [0.3, 0.4) is 0 Å². The Morgan fingerprint density at radius 1 is 1.21 bits per heavy atom. The molecule has 0 radical (unpaired) electrons. The van der Waals surface area contributed by atoms with Gasteiger partial charge in [-0.25, -0.2) is 0 Å². The number of nitro groups is 1. The molecule has 0 aliphatic carbocycles. The van der Waals surface area contributed by atoms with E-state index < -0.39 is 4.92 Å². The first-order valence-electron chi connectivity index (χ1n) is 8.83. The second kappa shape index (κ2) is 9.14. The number of thiophene rings is 1. The van der Waals surface area contributed by atoms with Gasteiger partial charge < -0.3 is 9.15 Å². The highest BCUT2D eigenvalue weighted by atomic mass is 32.1. The molecule has 144 valence electrons. The molecular weight excluding hydrogens is 378 g/mol. The summed E-state index contributed by atoms with van der Waals surface area (Å²) in [7, 11) is 0. The van der Waals surface area contributed by atoms with E-state index in [9.17, 15) is 14.9 Å². The Labute approximate surface area is 166 Å². The Bertz CT molecular complexity index is 1000. The van der Waals surface area contributed by atoms with Gasteiger partial charge in [0.1, 0.15) is 18.1 Å². The Hall–Kier alpha value is -3.19. The zero-order chi connectivity index (χ0) is 19.9. The molecule has 3 rings (SSSR count). The van der Waals surface area contributed by atoms with Crippen LogP contribution < -0.4 is 4.74 Å². The average Bonchev–Trinajstić information content (AvgIpc) is 3.34. The van der Waals surface area contributed by atoms with Gasteiger partial charge in [0.05, 0.1) is 9.80 Å². The van der Waals surface area contributed by atoms with Crippen LogP contribution in [0.1, 0.15) is 39.4 Å². The molecule has 1 aromatic carbocycles. The molecule has 0 amide bonds. The molecule has 2 aromatic heterocycles. The van der Waals surface area contributed by atoms with Gasteiger partial charge in [-0.15, -0.1) is 11.3 Å². The van der Waals surface area contributed by atoms with Crippen molar-refractivity contribution in [3.05, 3.63) is 86.0 Å². The van der Waals surface area contributed by atoms with Crippen molar-refractivity contribution in [3.8, 4) is 5.75 Å². The maximum Gasteiger partial charge on any atom is 0.310 e. The highest BCUT2D eigenvalue weighted by molar-refractivity contribution is 7.14. The van der Waals surface area contributed by atoms with Crippen molar-refractivity contribution < 1.29 is 18.9 Å². The van der Waals surface area contributed by atoms with Gasteiger partial charge in [0, 0.05) is 10.9 Å². The number of carbonyl (C=O) groups is 1. The zero-order valence-electron chi connectivity index (χ0n) is 15.3. The summed E-state index contributed by atoms with van der Waals surface area (Å²) in [6.45, 7) is 2.16. The number of ether oxygens (including phenoxy) is 1. The number of para-hydroxylation sites is 2. The van der Waals surface area contributed by atoms with Crippen LogP contribution in [-0.2, 0) is 13.0 Å². The largest absolute Gasteiger partial charge is 0.479 e. The van der Waals surface area contributed by atoms with Gasteiger partial charge in [-0.2, -0.15) is 0 Å². The molecule has 3 aromatic rings. The Morgan fingerprint density at radius 3 is 2.82 bits per heavy atom. The molecule has 0 spiro atoms. The fraction of sp³-hybridized carbons (Fsp3) is 0.190. The summed E-state index contributed by atoms with van der Waals surface area (Å²) in [6, 6.07) is 13.4. The number of ketones is 1. The van der Waals surface area contributed by atoms with Crippen LogP contribution in [0.15, 0.2) is 59.0 Å². The van der Waals surface area contributed by atoms with Crippen molar-refractivity contribution in [3.63, 3.8) is 0 Å². The van der Waals surface area contributed by atoms with Gasteiger partial charge >= 0.3 is 5.69 Å². The monoisotopic (exact) mass is 397 g/mol. The quantitative estimate of drug-likeness (QED) is 0.201. The third-order valence-electron chi connectivity index (χ3n) is 3.91. The average molecular weight is 397 g/mol. The van der Waals surface area contributed by atoms with Crippen molar-refractivity contribution in [2.75, 3.05) is 0 Å². The van der Waals surface area contributed by atoms with Crippen LogP contribution in [0.2, 0.25) is 0 Å². The minimum Gasteiger partial charge on any atom is -0.479 e. The molecule has 0 saturated carbocycles. The Morgan fingerprint density at radius 2 is 2.04 bits per heavy atom. The first-order chi connectivity index (χ1) is 13.6. The maximum absolute atomic E-state index is 12.2. The van der Waals surface area contributed by atoms with Gasteiger partial charge in [-0.3, -0.25) is 14.9 Å². The fourth-order valence-corrected chi connectivity index (χ4v) is 3.60. The number of nitrogens with zero attached hydrogens (tertiary/aromatic N) is 1. The van der Waals surface area contributed by atoms with E-state index >= 15 is 0 Å². The number of hydrogen-bond donors (Lipinski definition) is 0. The SMILES string of the molecule is CCCc1ccc(C(=O)/C=C/c2ccc(COc3ccccc3[N+](=O)[O-])o2)s1. The number of carbonyl (C=O) groups excluding carboxylic acids is 1. The van der Waals surface area contributed by atoms with Crippen LogP contribution in [0.5, 0.6) is 5.75 Å². The molecule has 0 saturated heterocycles. The van der Waals surface area contributed by atoms with Gasteiger partial charge in [0.25, 0.3) is 0 Å². The molecular formula is C21H19NO5S. The molecule has 7 heteroatoms. The van der Waals surface area contributed by atoms with Crippen LogP contribution in [0.4, 0.5) is 5.69 Å². The molecule has 0 atom stereocenters. The number of nitro benzene ring substituents is 1. The summed E-state index contributed by atoms with van der Waals surface area (Å²) in [6.07, 6.45) is 5.11. The lowest BCUT2D eigenvalue weighted by molar-refractivity contribution is -0.386. The first-order valence-corrected chi connectivity index (χ1v) is 9.64. The Balaban J connectivity index is 1.60. The maximum atomic E-state index is 12.2. The molecule has 0 fully saturated rings. The van der Waals surface area contributed by atoms with Crippen molar-refractivity contribution in [2.45, 2.75) is 26.4 Å². The lowest BCUT2D eigenvalue weighted by Crippen LogP contribution is -1.97. The van der Waals surface area contributed by atoms with Crippen molar-refractivity contribution in [1.82, 2.24) is 0 Å². The van der Waals surface area contributed by atoms with Gasteiger partial charge in [-0.05, 0) is 48.9 Å². The minimum absolute atomic E-state index is 0.0535. The van der Waals surface area contributed by atoms with E-state index in [0.29, 0.717) is 16.4 Å². The van der Waals surface area contributed by atoms with E-state index in [0.717, 1.165) is 12.8 Å².